The van der Waals surface area contributed by atoms with E-state index < -0.39 is 42.9 Å². The molecule has 1 aliphatic heterocycles. The standard InChI is InChI=1S/C24H21N5O4/c1-15-21(23(30)32-13-18(9-25)10-26)20(8-17-6-4-3-5-7-17)22(16(2)29-15)24(31)33-14-19(11-27)12-28/h3-7,18-20,29H,8,13-14H2,1-2H3. The lowest BCUT2D eigenvalue weighted by atomic mass is 9.81. The smallest absolute Gasteiger partial charge is 0.336 e. The maximum atomic E-state index is 13.0. The van der Waals surface area contributed by atoms with E-state index in [0.29, 0.717) is 11.4 Å². The molecule has 0 aromatic heterocycles. The second kappa shape index (κ2) is 11.7. The number of nitrogens with one attached hydrogen (secondary N) is 1. The van der Waals surface area contributed by atoms with Gasteiger partial charge in [0.25, 0.3) is 0 Å². The predicted octanol–water partition coefficient (Wildman–Crippen LogP) is 2.41. The maximum Gasteiger partial charge on any atom is 0.336 e. The van der Waals surface area contributed by atoms with Gasteiger partial charge in [0.15, 0.2) is 11.8 Å². The molecule has 0 bridgehead atoms. The van der Waals surface area contributed by atoms with Crippen molar-refractivity contribution in [3.63, 3.8) is 0 Å². The summed E-state index contributed by atoms with van der Waals surface area (Å²) < 4.78 is 10.4. The number of carbonyl (C=O) groups excluding carboxylic acids is 2. The number of rotatable bonds is 8. The van der Waals surface area contributed by atoms with E-state index in [9.17, 15) is 9.59 Å². The highest BCUT2D eigenvalue weighted by molar-refractivity contribution is 5.98. The van der Waals surface area contributed by atoms with Gasteiger partial charge in [-0.25, -0.2) is 9.59 Å². The molecule has 0 saturated heterocycles. The van der Waals surface area contributed by atoms with Crippen LogP contribution in [0.15, 0.2) is 52.9 Å². The van der Waals surface area contributed by atoms with Gasteiger partial charge < -0.3 is 14.8 Å². The van der Waals surface area contributed by atoms with Gasteiger partial charge in [0.2, 0.25) is 0 Å². The molecule has 1 aliphatic rings. The third-order valence-corrected chi connectivity index (χ3v) is 4.99. The summed E-state index contributed by atoms with van der Waals surface area (Å²) in [4.78, 5) is 26.0. The summed E-state index contributed by atoms with van der Waals surface area (Å²) in [7, 11) is 0. The van der Waals surface area contributed by atoms with Crippen LogP contribution in [-0.4, -0.2) is 25.2 Å². The van der Waals surface area contributed by atoms with Gasteiger partial charge in [-0.1, -0.05) is 30.3 Å². The van der Waals surface area contributed by atoms with Crippen molar-refractivity contribution in [1.82, 2.24) is 5.32 Å². The van der Waals surface area contributed by atoms with Crippen molar-refractivity contribution in [2.24, 2.45) is 17.8 Å². The van der Waals surface area contributed by atoms with Crippen molar-refractivity contribution in [3.05, 3.63) is 58.4 Å². The molecule has 2 rings (SSSR count). The van der Waals surface area contributed by atoms with E-state index in [4.69, 9.17) is 30.5 Å². The molecular formula is C24H21N5O4. The van der Waals surface area contributed by atoms with Gasteiger partial charge >= 0.3 is 11.9 Å². The number of hydrogen-bond acceptors (Lipinski definition) is 9. The van der Waals surface area contributed by atoms with Crippen LogP contribution in [0.3, 0.4) is 0 Å². The van der Waals surface area contributed by atoms with Gasteiger partial charge in [-0.15, -0.1) is 0 Å². The Labute approximate surface area is 191 Å². The average molecular weight is 443 g/mol. The lowest BCUT2D eigenvalue weighted by Gasteiger charge is -2.30. The third-order valence-electron chi connectivity index (χ3n) is 4.99. The fraction of sp³-hybridized carbons (Fsp3) is 0.333. The van der Waals surface area contributed by atoms with E-state index in [1.54, 1.807) is 38.1 Å². The molecule has 0 amide bonds. The van der Waals surface area contributed by atoms with Crippen LogP contribution in [0.2, 0.25) is 0 Å². The van der Waals surface area contributed by atoms with Crippen LogP contribution in [0.4, 0.5) is 0 Å². The van der Waals surface area contributed by atoms with E-state index in [1.165, 1.54) is 0 Å². The van der Waals surface area contributed by atoms with Crippen molar-refractivity contribution in [2.45, 2.75) is 20.3 Å². The summed E-state index contributed by atoms with van der Waals surface area (Å²) in [6.07, 6.45) is 0.270. The van der Waals surface area contributed by atoms with Gasteiger partial charge in [0, 0.05) is 17.3 Å². The number of nitrogens with zero attached hydrogens (tertiary/aromatic N) is 4. The molecule has 166 valence electrons. The lowest BCUT2D eigenvalue weighted by molar-refractivity contribution is -0.141. The molecule has 0 unspecified atom stereocenters. The maximum absolute atomic E-state index is 13.0. The van der Waals surface area contributed by atoms with Crippen LogP contribution in [0.25, 0.3) is 0 Å². The average Bonchev–Trinajstić information content (AvgIpc) is 2.80. The Balaban J connectivity index is 2.40. The first kappa shape index (κ1) is 24.7. The molecule has 0 aliphatic carbocycles. The van der Waals surface area contributed by atoms with E-state index in [2.05, 4.69) is 5.32 Å². The van der Waals surface area contributed by atoms with Gasteiger partial charge in [-0.3, -0.25) is 0 Å². The van der Waals surface area contributed by atoms with Gasteiger partial charge in [-0.2, -0.15) is 21.0 Å². The van der Waals surface area contributed by atoms with Gasteiger partial charge in [0.1, 0.15) is 13.2 Å². The van der Waals surface area contributed by atoms with Crippen molar-refractivity contribution < 1.29 is 19.1 Å². The van der Waals surface area contributed by atoms with Gasteiger partial charge in [0.05, 0.1) is 35.4 Å². The molecule has 9 nitrogen and oxygen atoms in total. The molecule has 0 spiro atoms. The second-order valence-corrected chi connectivity index (χ2v) is 7.26. The van der Waals surface area contributed by atoms with Crippen LogP contribution < -0.4 is 5.32 Å². The normalized spacial score (nSPS) is 13.5. The van der Waals surface area contributed by atoms with E-state index in [0.717, 1.165) is 5.56 Å². The molecule has 33 heavy (non-hydrogen) atoms. The Kier molecular flexibility index (Phi) is 8.75. The number of hydrogen-bond donors (Lipinski definition) is 1. The number of allylic oxidation sites excluding steroid dienone is 2. The molecule has 0 fully saturated rings. The molecule has 0 saturated carbocycles. The Morgan fingerprint density at radius 3 is 1.67 bits per heavy atom. The molecule has 1 aromatic carbocycles. The highest BCUT2D eigenvalue weighted by Gasteiger charge is 2.37. The molecule has 1 heterocycles. The summed E-state index contributed by atoms with van der Waals surface area (Å²) in [6, 6.07) is 16.1. The Bertz CT molecular complexity index is 1040. The topological polar surface area (TPSA) is 160 Å². The third kappa shape index (κ3) is 6.20. The first-order valence-electron chi connectivity index (χ1n) is 10.0. The fourth-order valence-corrected chi connectivity index (χ4v) is 3.41. The largest absolute Gasteiger partial charge is 0.460 e. The van der Waals surface area contributed by atoms with Crippen molar-refractivity contribution in [3.8, 4) is 24.3 Å². The minimum Gasteiger partial charge on any atom is -0.460 e. The van der Waals surface area contributed by atoms with Crippen molar-refractivity contribution >= 4 is 11.9 Å². The Morgan fingerprint density at radius 1 is 0.848 bits per heavy atom. The van der Waals surface area contributed by atoms with Crippen molar-refractivity contribution in [1.29, 1.82) is 21.0 Å². The van der Waals surface area contributed by atoms with Crippen LogP contribution in [0.1, 0.15) is 19.4 Å². The van der Waals surface area contributed by atoms with E-state index in [1.807, 2.05) is 30.3 Å². The number of benzene rings is 1. The van der Waals surface area contributed by atoms with Crippen LogP contribution in [0.5, 0.6) is 0 Å². The monoisotopic (exact) mass is 443 g/mol. The van der Waals surface area contributed by atoms with Crippen LogP contribution in [-0.2, 0) is 25.5 Å². The minimum absolute atomic E-state index is 0.170. The summed E-state index contributed by atoms with van der Waals surface area (Å²) >= 11 is 0. The SMILES string of the molecule is CC1=C(C(=O)OCC(C#N)C#N)C(Cc2ccccc2)C(C(=O)OCC(C#N)C#N)=C(C)N1. The number of nitriles is 4. The second-order valence-electron chi connectivity index (χ2n) is 7.26. The first-order valence-corrected chi connectivity index (χ1v) is 10.0. The molecular weight excluding hydrogens is 422 g/mol. The zero-order chi connectivity index (χ0) is 24.4. The highest BCUT2D eigenvalue weighted by Crippen LogP contribution is 2.34. The number of dihydropyridines is 1. The molecule has 9 heteroatoms. The van der Waals surface area contributed by atoms with Crippen molar-refractivity contribution in [2.75, 3.05) is 13.2 Å². The summed E-state index contributed by atoms with van der Waals surface area (Å²) in [5, 5.41) is 38.7. The zero-order valence-corrected chi connectivity index (χ0v) is 18.2. The summed E-state index contributed by atoms with van der Waals surface area (Å²) in [5.74, 6) is -4.51. The zero-order valence-electron chi connectivity index (χ0n) is 18.2. The Morgan fingerprint density at radius 2 is 1.27 bits per heavy atom. The first-order chi connectivity index (χ1) is 15.9. The van der Waals surface area contributed by atoms with Crippen LogP contribution >= 0.6 is 0 Å². The number of ether oxygens (including phenoxy) is 2. The highest BCUT2D eigenvalue weighted by atomic mass is 16.5. The molecule has 1 aromatic rings. The Hall–Kier alpha value is -4.60. The van der Waals surface area contributed by atoms with Gasteiger partial charge in [-0.05, 0) is 25.8 Å². The number of esters is 2. The predicted molar refractivity (Wildman–Crippen MR) is 114 cm³/mol. The minimum atomic E-state index is -1.12. The molecule has 0 atom stereocenters. The summed E-state index contributed by atoms with van der Waals surface area (Å²) in [5.41, 5.74) is 2.12. The van der Waals surface area contributed by atoms with Crippen LogP contribution in [0, 0.1) is 63.1 Å². The quantitative estimate of drug-likeness (QED) is 0.595. The summed E-state index contributed by atoms with van der Waals surface area (Å²) in [6.45, 7) is 2.51. The fourth-order valence-electron chi connectivity index (χ4n) is 3.41. The van der Waals surface area contributed by atoms with E-state index in [-0.39, 0.29) is 17.6 Å². The van der Waals surface area contributed by atoms with E-state index >= 15 is 0 Å². The lowest BCUT2D eigenvalue weighted by Crippen LogP contribution is -2.35. The number of carbonyl (C=O) groups is 2. The molecule has 1 N–H and O–H groups in total. The molecule has 0 radical (unpaired) electrons.